The minimum atomic E-state index is 0.191. The molecular formula is C11H23NOS. The van der Waals surface area contributed by atoms with Gasteiger partial charge in [-0.3, -0.25) is 4.79 Å². The number of carbonyl (C=O) groups is 1. The Kier molecular flexibility index (Phi) is 8.29. The number of carbonyl (C=O) groups excluding carboxylic acids is 1. The monoisotopic (exact) mass is 217 g/mol. The number of thioether (sulfide) groups is 1. The van der Waals surface area contributed by atoms with Gasteiger partial charge in [-0.25, -0.2) is 0 Å². The van der Waals surface area contributed by atoms with Crippen LogP contribution in [0, 0.1) is 5.92 Å². The molecule has 0 saturated carbocycles. The van der Waals surface area contributed by atoms with E-state index in [9.17, 15) is 4.79 Å². The number of Topliss-reactive ketones (excluding diaryl/α,β-unsaturated/α-hetero) is 1. The lowest BCUT2D eigenvalue weighted by atomic mass is 10.1. The minimum Gasteiger partial charge on any atom is -0.303 e. The third-order valence-electron chi connectivity index (χ3n) is 2.33. The van der Waals surface area contributed by atoms with Crippen LogP contribution in [-0.4, -0.2) is 41.8 Å². The number of nitrogens with zero attached hydrogens (tertiary/aromatic N) is 1. The van der Waals surface area contributed by atoms with Gasteiger partial charge in [-0.2, -0.15) is 11.8 Å². The van der Waals surface area contributed by atoms with Crippen LogP contribution in [0.3, 0.4) is 0 Å². The molecule has 0 aromatic carbocycles. The zero-order valence-electron chi connectivity index (χ0n) is 9.88. The molecule has 0 atom stereocenters. The van der Waals surface area contributed by atoms with Gasteiger partial charge in [-0.1, -0.05) is 27.7 Å². The number of ketones is 1. The van der Waals surface area contributed by atoms with Crippen LogP contribution in [0.1, 0.15) is 27.7 Å². The first kappa shape index (κ1) is 14.0. The van der Waals surface area contributed by atoms with Gasteiger partial charge in [0.1, 0.15) is 5.78 Å². The summed E-state index contributed by atoms with van der Waals surface area (Å²) < 4.78 is 0. The summed E-state index contributed by atoms with van der Waals surface area (Å²) in [7, 11) is 0. The lowest BCUT2D eigenvalue weighted by Gasteiger charge is -2.17. The highest BCUT2D eigenvalue weighted by Crippen LogP contribution is 2.05. The second kappa shape index (κ2) is 8.30. The van der Waals surface area contributed by atoms with Gasteiger partial charge in [-0.05, 0) is 13.1 Å². The van der Waals surface area contributed by atoms with E-state index in [-0.39, 0.29) is 5.92 Å². The topological polar surface area (TPSA) is 20.3 Å². The Balaban J connectivity index is 3.41. The van der Waals surface area contributed by atoms with E-state index in [1.54, 1.807) is 11.8 Å². The Morgan fingerprint density at radius 1 is 1.29 bits per heavy atom. The number of hydrogen-bond acceptors (Lipinski definition) is 3. The van der Waals surface area contributed by atoms with Crippen molar-refractivity contribution in [2.75, 3.05) is 31.1 Å². The normalized spacial score (nSPS) is 11.3. The van der Waals surface area contributed by atoms with Gasteiger partial charge in [0.05, 0.1) is 5.75 Å². The molecule has 0 spiro atoms. The smallest absolute Gasteiger partial charge is 0.145 e. The lowest BCUT2D eigenvalue weighted by molar-refractivity contribution is -0.119. The average Bonchev–Trinajstić information content (AvgIpc) is 2.17. The first-order valence-electron chi connectivity index (χ1n) is 5.44. The lowest BCUT2D eigenvalue weighted by Crippen LogP contribution is -2.25. The van der Waals surface area contributed by atoms with Crippen molar-refractivity contribution in [1.29, 1.82) is 0 Å². The van der Waals surface area contributed by atoms with Crippen LogP contribution in [0.2, 0.25) is 0 Å². The molecule has 2 nitrogen and oxygen atoms in total. The highest BCUT2D eigenvalue weighted by atomic mass is 32.2. The van der Waals surface area contributed by atoms with Crippen LogP contribution < -0.4 is 0 Å². The summed E-state index contributed by atoms with van der Waals surface area (Å²) in [5.41, 5.74) is 0. The molecule has 0 fully saturated rings. The summed E-state index contributed by atoms with van der Waals surface area (Å²) in [6, 6.07) is 0. The Morgan fingerprint density at radius 3 is 2.29 bits per heavy atom. The van der Waals surface area contributed by atoms with E-state index in [0.717, 1.165) is 25.4 Å². The van der Waals surface area contributed by atoms with Crippen LogP contribution in [0.5, 0.6) is 0 Å². The number of hydrogen-bond donors (Lipinski definition) is 0. The highest BCUT2D eigenvalue weighted by molar-refractivity contribution is 7.99. The Morgan fingerprint density at radius 2 is 1.86 bits per heavy atom. The summed E-state index contributed by atoms with van der Waals surface area (Å²) in [4.78, 5) is 13.7. The van der Waals surface area contributed by atoms with Gasteiger partial charge in [0.2, 0.25) is 0 Å². The molecule has 0 aromatic heterocycles. The van der Waals surface area contributed by atoms with E-state index in [4.69, 9.17) is 0 Å². The van der Waals surface area contributed by atoms with Crippen molar-refractivity contribution >= 4 is 17.5 Å². The van der Waals surface area contributed by atoms with Crippen molar-refractivity contribution in [3.05, 3.63) is 0 Å². The van der Waals surface area contributed by atoms with E-state index in [0.29, 0.717) is 11.5 Å². The van der Waals surface area contributed by atoms with E-state index < -0.39 is 0 Å². The summed E-state index contributed by atoms with van der Waals surface area (Å²) in [6.07, 6.45) is 0. The SMILES string of the molecule is CCN(CC)CCSCC(=O)C(C)C. The summed E-state index contributed by atoms with van der Waals surface area (Å²) in [5.74, 6) is 2.31. The molecule has 0 radical (unpaired) electrons. The predicted molar refractivity (Wildman–Crippen MR) is 65.0 cm³/mol. The molecule has 0 saturated heterocycles. The number of rotatable bonds is 8. The van der Waals surface area contributed by atoms with Gasteiger partial charge < -0.3 is 4.90 Å². The molecule has 0 rings (SSSR count). The Bertz CT molecular complexity index is 155. The second-order valence-electron chi connectivity index (χ2n) is 3.70. The molecular weight excluding hydrogens is 194 g/mol. The van der Waals surface area contributed by atoms with Gasteiger partial charge in [0, 0.05) is 18.2 Å². The fourth-order valence-corrected chi connectivity index (χ4v) is 2.14. The van der Waals surface area contributed by atoms with Gasteiger partial charge in [0.15, 0.2) is 0 Å². The predicted octanol–water partition coefficient (Wildman–Crippen LogP) is 2.29. The fourth-order valence-electron chi connectivity index (χ4n) is 1.07. The van der Waals surface area contributed by atoms with Crippen molar-refractivity contribution in [1.82, 2.24) is 4.90 Å². The standard InChI is InChI=1S/C11H23NOS/c1-5-12(6-2)7-8-14-9-11(13)10(3)4/h10H,5-9H2,1-4H3. The van der Waals surface area contributed by atoms with Gasteiger partial charge in [0.25, 0.3) is 0 Å². The maximum atomic E-state index is 11.3. The molecule has 0 heterocycles. The molecule has 3 heteroatoms. The zero-order chi connectivity index (χ0) is 11.0. The van der Waals surface area contributed by atoms with E-state index in [2.05, 4.69) is 18.7 Å². The van der Waals surface area contributed by atoms with Crippen LogP contribution in [0.4, 0.5) is 0 Å². The molecule has 0 aromatic rings. The highest BCUT2D eigenvalue weighted by Gasteiger charge is 2.06. The molecule has 0 aliphatic carbocycles. The largest absolute Gasteiger partial charge is 0.303 e. The van der Waals surface area contributed by atoms with E-state index in [1.165, 1.54) is 0 Å². The molecule has 0 unspecified atom stereocenters. The summed E-state index contributed by atoms with van der Waals surface area (Å²) >= 11 is 1.76. The van der Waals surface area contributed by atoms with Crippen LogP contribution >= 0.6 is 11.8 Å². The first-order valence-corrected chi connectivity index (χ1v) is 6.60. The van der Waals surface area contributed by atoms with Crippen molar-refractivity contribution < 1.29 is 4.79 Å². The Labute approximate surface area is 92.4 Å². The molecule has 0 bridgehead atoms. The molecule has 0 amide bonds. The molecule has 14 heavy (non-hydrogen) atoms. The first-order chi connectivity index (χ1) is 6.61. The summed E-state index contributed by atoms with van der Waals surface area (Å²) in [6.45, 7) is 11.6. The minimum absolute atomic E-state index is 0.191. The van der Waals surface area contributed by atoms with Crippen molar-refractivity contribution in [2.24, 2.45) is 5.92 Å². The van der Waals surface area contributed by atoms with E-state index in [1.807, 2.05) is 13.8 Å². The van der Waals surface area contributed by atoms with Crippen molar-refractivity contribution in [3.8, 4) is 0 Å². The maximum absolute atomic E-state index is 11.3. The van der Waals surface area contributed by atoms with Crippen LogP contribution in [-0.2, 0) is 4.79 Å². The molecule has 0 aliphatic heterocycles. The van der Waals surface area contributed by atoms with Crippen molar-refractivity contribution in [3.63, 3.8) is 0 Å². The molecule has 0 N–H and O–H groups in total. The average molecular weight is 217 g/mol. The third-order valence-corrected chi connectivity index (χ3v) is 3.29. The van der Waals surface area contributed by atoms with Crippen molar-refractivity contribution in [2.45, 2.75) is 27.7 Å². The van der Waals surface area contributed by atoms with Gasteiger partial charge >= 0.3 is 0 Å². The molecule has 84 valence electrons. The maximum Gasteiger partial charge on any atom is 0.145 e. The second-order valence-corrected chi connectivity index (χ2v) is 4.81. The van der Waals surface area contributed by atoms with Gasteiger partial charge in [-0.15, -0.1) is 0 Å². The van der Waals surface area contributed by atoms with Crippen LogP contribution in [0.25, 0.3) is 0 Å². The zero-order valence-corrected chi connectivity index (χ0v) is 10.7. The fraction of sp³-hybridized carbons (Fsp3) is 0.909. The Hall–Kier alpha value is -0.0200. The molecule has 0 aliphatic rings. The summed E-state index contributed by atoms with van der Waals surface area (Å²) in [5, 5.41) is 0. The third kappa shape index (κ3) is 6.44. The van der Waals surface area contributed by atoms with E-state index >= 15 is 0 Å². The van der Waals surface area contributed by atoms with Crippen LogP contribution in [0.15, 0.2) is 0 Å². The quantitative estimate of drug-likeness (QED) is 0.582.